The number of nitrogens with one attached hydrogen (secondary N) is 1. The maximum atomic E-state index is 13.9. The molecule has 7 nitrogen and oxygen atoms in total. The van der Waals surface area contributed by atoms with E-state index in [4.69, 9.17) is 9.47 Å². The largest absolute Gasteiger partial charge is 0.487 e. The highest BCUT2D eigenvalue weighted by Crippen LogP contribution is 2.44. The van der Waals surface area contributed by atoms with Gasteiger partial charge in [0.25, 0.3) is 15.9 Å². The second kappa shape index (κ2) is 10.5. The molecule has 2 atom stereocenters. The summed E-state index contributed by atoms with van der Waals surface area (Å²) in [5.41, 5.74) is 1.73. The topological polar surface area (TPSA) is 84.9 Å². The van der Waals surface area contributed by atoms with Crippen molar-refractivity contribution >= 4 is 21.6 Å². The predicted molar refractivity (Wildman–Crippen MR) is 156 cm³/mol. The van der Waals surface area contributed by atoms with Gasteiger partial charge in [0.05, 0.1) is 23.2 Å². The highest BCUT2D eigenvalue weighted by Gasteiger charge is 2.42. The van der Waals surface area contributed by atoms with Crippen molar-refractivity contribution < 1.29 is 22.7 Å². The van der Waals surface area contributed by atoms with Crippen molar-refractivity contribution in [3.8, 4) is 11.5 Å². The van der Waals surface area contributed by atoms with Crippen molar-refractivity contribution in [2.45, 2.75) is 81.9 Å². The molecule has 0 unspecified atom stereocenters. The fraction of sp³-hybridized carbons (Fsp3) is 0.406. The van der Waals surface area contributed by atoms with Gasteiger partial charge in [-0.3, -0.25) is 9.10 Å². The number of ether oxygens (including phenoxy) is 2. The van der Waals surface area contributed by atoms with Gasteiger partial charge in [0, 0.05) is 12.0 Å². The van der Waals surface area contributed by atoms with E-state index in [9.17, 15) is 13.2 Å². The molecule has 2 aliphatic heterocycles. The standard InChI is InChI=1S/C32H38N2O5S/c1-6-32(7-2)20-25(24-15-11-12-16-27(24)39-32)33-30(35)29-21-34(40(36,37)23-13-9-8-10-14-23)26-19-22(31(3,4)5)17-18-28(26)38-29/h8-19,25,29H,6-7,20-21H2,1-5H3,(H,33,35)/t25-,29+/m1/s1. The van der Waals surface area contributed by atoms with E-state index in [0.29, 0.717) is 17.9 Å². The van der Waals surface area contributed by atoms with E-state index in [1.807, 2.05) is 36.4 Å². The van der Waals surface area contributed by atoms with Crippen LogP contribution in [0.5, 0.6) is 11.5 Å². The number of carbonyl (C=O) groups is 1. The van der Waals surface area contributed by atoms with E-state index in [0.717, 1.165) is 29.7 Å². The lowest BCUT2D eigenvalue weighted by Crippen LogP contribution is -2.53. The van der Waals surface area contributed by atoms with Gasteiger partial charge < -0.3 is 14.8 Å². The number of hydrogen-bond acceptors (Lipinski definition) is 5. The summed E-state index contributed by atoms with van der Waals surface area (Å²) in [6.45, 7) is 10.3. The van der Waals surface area contributed by atoms with Crippen molar-refractivity contribution in [2.75, 3.05) is 10.8 Å². The zero-order valence-corrected chi connectivity index (χ0v) is 24.6. The van der Waals surface area contributed by atoms with Crippen LogP contribution in [0.25, 0.3) is 0 Å². The molecule has 0 aliphatic carbocycles. The van der Waals surface area contributed by atoms with Gasteiger partial charge in [0.1, 0.15) is 17.1 Å². The van der Waals surface area contributed by atoms with Gasteiger partial charge in [0.2, 0.25) is 0 Å². The molecule has 1 amide bonds. The Morgan fingerprint density at radius 3 is 2.33 bits per heavy atom. The minimum absolute atomic E-state index is 0.138. The van der Waals surface area contributed by atoms with Crippen LogP contribution in [0.3, 0.4) is 0 Å². The second-order valence-corrected chi connectivity index (χ2v) is 13.5. The molecular formula is C32H38N2O5S. The van der Waals surface area contributed by atoms with Gasteiger partial charge in [-0.05, 0) is 54.2 Å². The van der Waals surface area contributed by atoms with E-state index in [1.165, 1.54) is 4.31 Å². The molecule has 0 spiro atoms. The number of benzene rings is 3. The third-order valence-corrected chi connectivity index (χ3v) is 9.91. The number of hydrogen-bond donors (Lipinski definition) is 1. The molecule has 0 saturated carbocycles. The number of nitrogens with zero attached hydrogens (tertiary/aromatic N) is 1. The molecule has 0 radical (unpaired) electrons. The summed E-state index contributed by atoms with van der Waals surface area (Å²) >= 11 is 0. The summed E-state index contributed by atoms with van der Waals surface area (Å²) in [6, 6.07) is 21.3. The lowest BCUT2D eigenvalue weighted by atomic mass is 9.83. The van der Waals surface area contributed by atoms with E-state index in [2.05, 4.69) is 39.9 Å². The summed E-state index contributed by atoms with van der Waals surface area (Å²) in [7, 11) is -3.96. The van der Waals surface area contributed by atoms with Crippen LogP contribution >= 0.6 is 0 Å². The SMILES string of the molecule is CCC1(CC)C[C@@H](NC(=O)[C@@H]2CN(S(=O)(=O)c3ccccc3)c3cc(C(C)(C)C)ccc3O2)c2ccccc2O1. The molecule has 5 rings (SSSR count). The molecular weight excluding hydrogens is 524 g/mol. The predicted octanol–water partition coefficient (Wildman–Crippen LogP) is 6.14. The van der Waals surface area contributed by atoms with Crippen LogP contribution in [-0.4, -0.2) is 32.6 Å². The van der Waals surface area contributed by atoms with Crippen LogP contribution in [0, 0.1) is 0 Å². The van der Waals surface area contributed by atoms with Gasteiger partial charge in [-0.2, -0.15) is 0 Å². The Labute approximate surface area is 237 Å². The number of carbonyl (C=O) groups excluding carboxylic acids is 1. The zero-order valence-electron chi connectivity index (χ0n) is 23.8. The third-order valence-electron chi connectivity index (χ3n) is 8.12. The average molecular weight is 563 g/mol. The van der Waals surface area contributed by atoms with Crippen molar-refractivity contribution in [1.29, 1.82) is 0 Å². The zero-order chi connectivity index (χ0) is 28.7. The van der Waals surface area contributed by atoms with Crippen LogP contribution in [0.4, 0.5) is 5.69 Å². The minimum atomic E-state index is -3.96. The van der Waals surface area contributed by atoms with Gasteiger partial charge in [-0.25, -0.2) is 8.42 Å². The Morgan fingerprint density at radius 2 is 1.65 bits per heavy atom. The van der Waals surface area contributed by atoms with Crippen molar-refractivity contribution in [3.63, 3.8) is 0 Å². The Morgan fingerprint density at radius 1 is 0.975 bits per heavy atom. The Balaban J connectivity index is 1.50. The maximum absolute atomic E-state index is 13.9. The smallest absolute Gasteiger partial charge is 0.264 e. The lowest BCUT2D eigenvalue weighted by Gasteiger charge is -2.42. The molecule has 8 heteroatoms. The van der Waals surface area contributed by atoms with Crippen molar-refractivity contribution in [3.05, 3.63) is 83.9 Å². The van der Waals surface area contributed by atoms with Gasteiger partial charge in [0.15, 0.2) is 6.10 Å². The summed E-state index contributed by atoms with van der Waals surface area (Å²) in [6.07, 6.45) is 1.19. The normalized spacial score (nSPS) is 20.0. The van der Waals surface area contributed by atoms with Crippen LogP contribution in [0.15, 0.2) is 77.7 Å². The molecule has 2 heterocycles. The molecule has 0 aromatic heterocycles. The highest BCUT2D eigenvalue weighted by molar-refractivity contribution is 7.92. The first-order valence-electron chi connectivity index (χ1n) is 13.9. The fourth-order valence-corrected chi connectivity index (χ4v) is 6.99. The summed E-state index contributed by atoms with van der Waals surface area (Å²) in [5.74, 6) is 0.769. The van der Waals surface area contributed by atoms with Gasteiger partial charge >= 0.3 is 0 Å². The van der Waals surface area contributed by atoms with Crippen LogP contribution in [-0.2, 0) is 20.2 Å². The third kappa shape index (κ3) is 5.17. The van der Waals surface area contributed by atoms with E-state index in [1.54, 1.807) is 36.4 Å². The lowest BCUT2D eigenvalue weighted by molar-refractivity contribution is -0.129. The van der Waals surface area contributed by atoms with Crippen LogP contribution < -0.4 is 19.1 Å². The first-order valence-corrected chi connectivity index (χ1v) is 15.4. The molecule has 2 aliphatic rings. The van der Waals surface area contributed by atoms with E-state index >= 15 is 0 Å². The molecule has 1 N–H and O–H groups in total. The Kier molecular flexibility index (Phi) is 7.33. The number of rotatable bonds is 6. The minimum Gasteiger partial charge on any atom is -0.487 e. The molecule has 0 fully saturated rings. The number of amides is 1. The van der Waals surface area contributed by atoms with Crippen molar-refractivity contribution in [2.24, 2.45) is 0 Å². The fourth-order valence-electron chi connectivity index (χ4n) is 5.50. The summed E-state index contributed by atoms with van der Waals surface area (Å²) in [4.78, 5) is 14.0. The number of para-hydroxylation sites is 1. The highest BCUT2D eigenvalue weighted by atomic mass is 32.2. The number of fused-ring (bicyclic) bond motifs is 2. The van der Waals surface area contributed by atoms with E-state index < -0.39 is 21.7 Å². The second-order valence-electron chi connectivity index (χ2n) is 11.7. The van der Waals surface area contributed by atoms with E-state index in [-0.39, 0.29) is 28.8 Å². The molecule has 0 saturated heterocycles. The molecule has 40 heavy (non-hydrogen) atoms. The van der Waals surface area contributed by atoms with Crippen LogP contribution in [0.2, 0.25) is 0 Å². The average Bonchev–Trinajstić information content (AvgIpc) is 2.96. The quantitative estimate of drug-likeness (QED) is 0.390. The Hall–Kier alpha value is -3.52. The monoisotopic (exact) mass is 562 g/mol. The Bertz CT molecular complexity index is 1490. The first-order chi connectivity index (χ1) is 19.0. The van der Waals surface area contributed by atoms with Crippen molar-refractivity contribution in [1.82, 2.24) is 5.32 Å². The van der Waals surface area contributed by atoms with Crippen LogP contribution in [0.1, 0.15) is 71.0 Å². The molecule has 3 aromatic carbocycles. The molecule has 212 valence electrons. The summed E-state index contributed by atoms with van der Waals surface area (Å²) in [5, 5.41) is 3.18. The number of anilines is 1. The number of sulfonamides is 1. The van der Waals surface area contributed by atoms with Gasteiger partial charge in [-0.1, -0.05) is 77.1 Å². The van der Waals surface area contributed by atoms with Gasteiger partial charge in [-0.15, -0.1) is 0 Å². The maximum Gasteiger partial charge on any atom is 0.264 e. The molecule has 3 aromatic rings. The molecule has 0 bridgehead atoms. The summed E-state index contributed by atoms with van der Waals surface area (Å²) < 4.78 is 41.8. The first kappa shape index (κ1) is 28.0.